The Hall–Kier alpha value is -0.340. The lowest BCUT2D eigenvalue weighted by Crippen LogP contribution is -2.29. The minimum Gasteiger partial charge on any atom is -0.393 e. The van der Waals surface area contributed by atoms with Crippen LogP contribution in [-0.4, -0.2) is 11.2 Å². The Morgan fingerprint density at radius 3 is 2.94 bits per heavy atom. The first kappa shape index (κ1) is 12.1. The summed E-state index contributed by atoms with van der Waals surface area (Å²) in [6.07, 6.45) is 4.21. The van der Waals surface area contributed by atoms with Crippen molar-refractivity contribution >= 4 is 15.9 Å². The maximum atomic E-state index is 10.0. The van der Waals surface area contributed by atoms with Crippen molar-refractivity contribution in [1.82, 2.24) is 0 Å². The third kappa shape index (κ3) is 3.08. The highest BCUT2D eigenvalue weighted by Crippen LogP contribution is 2.31. The molecule has 0 amide bonds. The molecule has 0 saturated heterocycles. The number of benzene rings is 1. The molecule has 16 heavy (non-hydrogen) atoms. The molecule has 1 aromatic rings. The number of rotatable bonds is 2. The molecule has 0 heterocycles. The van der Waals surface area contributed by atoms with E-state index in [9.17, 15) is 5.11 Å². The molecule has 1 nitrogen and oxygen atoms in total. The molecule has 1 N–H and O–H groups in total. The van der Waals surface area contributed by atoms with Gasteiger partial charge in [-0.1, -0.05) is 35.0 Å². The molecule has 2 heteroatoms. The number of hydrogen-bond acceptors (Lipinski definition) is 1. The fourth-order valence-corrected chi connectivity index (χ4v) is 3.12. The van der Waals surface area contributed by atoms with E-state index in [1.807, 2.05) is 6.07 Å². The average molecular weight is 283 g/mol. The summed E-state index contributed by atoms with van der Waals surface area (Å²) in [6.45, 7) is 2.29. The zero-order chi connectivity index (χ0) is 11.5. The van der Waals surface area contributed by atoms with Crippen molar-refractivity contribution < 1.29 is 5.11 Å². The van der Waals surface area contributed by atoms with Gasteiger partial charge < -0.3 is 5.11 Å². The summed E-state index contributed by atoms with van der Waals surface area (Å²) in [7, 11) is 0. The lowest BCUT2D eigenvalue weighted by molar-refractivity contribution is 0.0519. The molecule has 2 rings (SSSR count). The minimum atomic E-state index is -0.102. The van der Waals surface area contributed by atoms with E-state index < -0.39 is 0 Å². The third-order valence-corrected chi connectivity index (χ3v) is 4.08. The molecule has 0 aliphatic heterocycles. The van der Waals surface area contributed by atoms with Gasteiger partial charge in [0.1, 0.15) is 0 Å². The van der Waals surface area contributed by atoms with Crippen molar-refractivity contribution in [2.24, 2.45) is 11.8 Å². The lowest BCUT2D eigenvalue weighted by Gasteiger charge is -2.31. The SMILES string of the molecule is CC1CCC(O)C(Cc2cccc(Br)c2)C1. The number of aliphatic hydroxyl groups excluding tert-OH is 1. The van der Waals surface area contributed by atoms with Crippen LogP contribution in [0.25, 0.3) is 0 Å². The van der Waals surface area contributed by atoms with E-state index in [0.29, 0.717) is 5.92 Å². The zero-order valence-corrected chi connectivity index (χ0v) is 11.3. The Labute approximate surface area is 106 Å². The first-order valence-corrected chi connectivity index (χ1v) is 6.87. The summed E-state index contributed by atoms with van der Waals surface area (Å²) < 4.78 is 1.13. The molecule has 3 atom stereocenters. The van der Waals surface area contributed by atoms with Crippen molar-refractivity contribution in [1.29, 1.82) is 0 Å². The molecule has 0 spiro atoms. The van der Waals surface area contributed by atoms with Crippen LogP contribution in [0.4, 0.5) is 0 Å². The van der Waals surface area contributed by atoms with E-state index in [1.165, 1.54) is 12.0 Å². The van der Waals surface area contributed by atoms with Crippen molar-refractivity contribution in [3.8, 4) is 0 Å². The second-order valence-electron chi connectivity index (χ2n) is 5.08. The Kier molecular flexibility index (Phi) is 4.04. The van der Waals surface area contributed by atoms with E-state index in [-0.39, 0.29) is 6.10 Å². The maximum Gasteiger partial charge on any atom is 0.0571 e. The van der Waals surface area contributed by atoms with Gasteiger partial charge in [-0.25, -0.2) is 0 Å². The molecule has 0 aromatic heterocycles. The van der Waals surface area contributed by atoms with Crippen LogP contribution in [0.5, 0.6) is 0 Å². The first-order chi connectivity index (χ1) is 7.65. The Morgan fingerprint density at radius 1 is 1.38 bits per heavy atom. The normalized spacial score (nSPS) is 30.3. The van der Waals surface area contributed by atoms with Gasteiger partial charge in [-0.3, -0.25) is 0 Å². The largest absolute Gasteiger partial charge is 0.393 e. The Balaban J connectivity index is 2.02. The summed E-state index contributed by atoms with van der Waals surface area (Å²) >= 11 is 3.49. The Bertz CT molecular complexity index is 350. The molecule has 3 unspecified atom stereocenters. The minimum absolute atomic E-state index is 0.102. The molecular weight excluding hydrogens is 264 g/mol. The molecular formula is C14H19BrO. The molecule has 0 radical (unpaired) electrons. The molecule has 0 bridgehead atoms. The van der Waals surface area contributed by atoms with E-state index in [2.05, 4.69) is 41.1 Å². The van der Waals surface area contributed by atoms with Crippen molar-refractivity contribution in [3.05, 3.63) is 34.3 Å². The number of aliphatic hydroxyl groups is 1. The molecule has 88 valence electrons. The smallest absolute Gasteiger partial charge is 0.0571 e. The van der Waals surface area contributed by atoms with Crippen molar-refractivity contribution in [2.45, 2.75) is 38.7 Å². The van der Waals surface area contributed by atoms with E-state index >= 15 is 0 Å². The Morgan fingerprint density at radius 2 is 2.19 bits per heavy atom. The van der Waals surface area contributed by atoms with Crippen LogP contribution in [-0.2, 0) is 6.42 Å². The van der Waals surface area contributed by atoms with Gasteiger partial charge in [-0.15, -0.1) is 0 Å². The topological polar surface area (TPSA) is 20.2 Å². The van der Waals surface area contributed by atoms with Crippen LogP contribution in [0.3, 0.4) is 0 Å². The summed E-state index contributed by atoms with van der Waals surface area (Å²) in [4.78, 5) is 0. The fourth-order valence-electron chi connectivity index (χ4n) is 2.67. The van der Waals surface area contributed by atoms with E-state index in [0.717, 1.165) is 29.7 Å². The van der Waals surface area contributed by atoms with Crippen LogP contribution in [0.1, 0.15) is 31.7 Å². The lowest BCUT2D eigenvalue weighted by atomic mass is 9.77. The van der Waals surface area contributed by atoms with Gasteiger partial charge in [0.15, 0.2) is 0 Å². The highest BCUT2D eigenvalue weighted by molar-refractivity contribution is 9.10. The van der Waals surface area contributed by atoms with Gasteiger partial charge in [0.25, 0.3) is 0 Å². The summed E-state index contributed by atoms with van der Waals surface area (Å²) in [5, 5.41) is 10.0. The van der Waals surface area contributed by atoms with Crippen LogP contribution >= 0.6 is 15.9 Å². The fraction of sp³-hybridized carbons (Fsp3) is 0.571. The second-order valence-corrected chi connectivity index (χ2v) is 6.00. The van der Waals surface area contributed by atoms with Crippen LogP contribution in [0.15, 0.2) is 28.7 Å². The van der Waals surface area contributed by atoms with Crippen LogP contribution in [0.2, 0.25) is 0 Å². The standard InChI is InChI=1S/C14H19BrO/c1-10-5-6-14(16)12(7-10)8-11-3-2-4-13(15)9-11/h2-4,9-10,12,14,16H,5-8H2,1H3. The molecule has 1 fully saturated rings. The summed E-state index contributed by atoms with van der Waals surface area (Å²) in [5.41, 5.74) is 1.33. The zero-order valence-electron chi connectivity index (χ0n) is 9.70. The van der Waals surface area contributed by atoms with Crippen LogP contribution in [0, 0.1) is 11.8 Å². The quantitative estimate of drug-likeness (QED) is 0.875. The predicted molar refractivity (Wildman–Crippen MR) is 70.4 cm³/mol. The van der Waals surface area contributed by atoms with Gasteiger partial charge in [0, 0.05) is 4.47 Å². The van der Waals surface area contributed by atoms with Gasteiger partial charge >= 0.3 is 0 Å². The first-order valence-electron chi connectivity index (χ1n) is 6.07. The van der Waals surface area contributed by atoms with Crippen molar-refractivity contribution in [2.75, 3.05) is 0 Å². The number of hydrogen-bond donors (Lipinski definition) is 1. The summed E-state index contributed by atoms with van der Waals surface area (Å²) in [6, 6.07) is 8.42. The monoisotopic (exact) mass is 282 g/mol. The van der Waals surface area contributed by atoms with Gasteiger partial charge in [0.05, 0.1) is 6.10 Å². The molecule has 1 aliphatic carbocycles. The number of halogens is 1. The predicted octanol–water partition coefficient (Wildman–Crippen LogP) is 3.79. The summed E-state index contributed by atoms with van der Waals surface area (Å²) in [5.74, 6) is 1.21. The van der Waals surface area contributed by atoms with E-state index in [1.54, 1.807) is 0 Å². The van der Waals surface area contributed by atoms with Gasteiger partial charge in [-0.2, -0.15) is 0 Å². The van der Waals surface area contributed by atoms with E-state index in [4.69, 9.17) is 0 Å². The highest BCUT2D eigenvalue weighted by Gasteiger charge is 2.26. The average Bonchev–Trinajstić information content (AvgIpc) is 2.24. The molecule has 1 aliphatic rings. The highest BCUT2D eigenvalue weighted by atomic mass is 79.9. The third-order valence-electron chi connectivity index (χ3n) is 3.59. The maximum absolute atomic E-state index is 10.0. The van der Waals surface area contributed by atoms with Gasteiger partial charge in [0.2, 0.25) is 0 Å². The van der Waals surface area contributed by atoms with Crippen LogP contribution < -0.4 is 0 Å². The molecule has 1 saturated carbocycles. The van der Waals surface area contributed by atoms with Gasteiger partial charge in [-0.05, 0) is 55.2 Å². The van der Waals surface area contributed by atoms with Crippen molar-refractivity contribution in [3.63, 3.8) is 0 Å². The second kappa shape index (κ2) is 5.33. The molecule has 1 aromatic carbocycles.